The molecule has 1 fully saturated rings. The number of piperazine rings is 1. The first kappa shape index (κ1) is 30.9. The van der Waals surface area contributed by atoms with E-state index in [0.29, 0.717) is 10.8 Å². The SMILES string of the molecule is CCN1CCN(c2ccc(C3=C(C)C(=NC)/C(=C\C=C\C(C(=O)Nc4nccs4)c4ncn5c4C[C@@H](F)C5)C(C)=C3)cc2)CC1. The second kappa shape index (κ2) is 13.5. The zero-order chi connectivity index (χ0) is 31.5. The van der Waals surface area contributed by atoms with Gasteiger partial charge in [-0.15, -0.1) is 11.3 Å². The van der Waals surface area contributed by atoms with Crippen LogP contribution in [0.25, 0.3) is 5.57 Å². The number of rotatable bonds is 8. The number of aliphatic imine (C=N–C) groups is 1. The summed E-state index contributed by atoms with van der Waals surface area (Å²) in [6.07, 6.45) is 10.5. The van der Waals surface area contributed by atoms with E-state index in [-0.39, 0.29) is 18.9 Å². The van der Waals surface area contributed by atoms with Crippen LogP contribution in [0.15, 0.2) is 88.2 Å². The molecule has 4 heterocycles. The summed E-state index contributed by atoms with van der Waals surface area (Å²) in [6, 6.07) is 8.88. The van der Waals surface area contributed by atoms with E-state index in [0.717, 1.165) is 72.0 Å². The number of hydrogen-bond donors (Lipinski definition) is 1. The fraction of sp³-hybridized carbons (Fsp3) is 0.371. The molecular weight excluding hydrogens is 585 g/mol. The number of halogens is 1. The minimum Gasteiger partial charge on any atom is -0.369 e. The van der Waals surface area contributed by atoms with Crippen LogP contribution in [-0.4, -0.2) is 77.0 Å². The molecule has 3 aromatic rings. The number of nitrogens with one attached hydrogen (secondary N) is 1. The van der Waals surface area contributed by atoms with Gasteiger partial charge in [0.15, 0.2) is 5.13 Å². The number of likely N-dealkylation sites (N-methyl/N-ethyl adjacent to an activating group) is 1. The molecule has 1 aliphatic carbocycles. The molecule has 3 aliphatic rings. The molecule has 1 N–H and O–H groups in total. The summed E-state index contributed by atoms with van der Waals surface area (Å²) in [4.78, 5) is 31.8. The quantitative estimate of drug-likeness (QED) is 0.328. The summed E-state index contributed by atoms with van der Waals surface area (Å²) in [7, 11) is 1.82. The molecule has 1 amide bonds. The third-order valence-corrected chi connectivity index (χ3v) is 9.67. The maximum atomic E-state index is 14.2. The van der Waals surface area contributed by atoms with Gasteiger partial charge in [0.25, 0.3) is 0 Å². The Morgan fingerprint density at radius 2 is 1.96 bits per heavy atom. The monoisotopic (exact) mass is 625 g/mol. The van der Waals surface area contributed by atoms with Crippen LogP contribution in [0.5, 0.6) is 0 Å². The van der Waals surface area contributed by atoms with Crippen LogP contribution >= 0.6 is 11.3 Å². The summed E-state index contributed by atoms with van der Waals surface area (Å²) in [5.41, 5.74) is 9.04. The highest BCUT2D eigenvalue weighted by molar-refractivity contribution is 7.13. The molecule has 2 aliphatic heterocycles. The van der Waals surface area contributed by atoms with E-state index in [1.54, 1.807) is 17.1 Å². The Hall–Kier alpha value is -4.15. The number of aromatic nitrogens is 3. The summed E-state index contributed by atoms with van der Waals surface area (Å²) < 4.78 is 16.0. The maximum Gasteiger partial charge on any atom is 0.239 e. The maximum absolute atomic E-state index is 14.2. The molecule has 6 rings (SSSR count). The number of amides is 1. The molecule has 45 heavy (non-hydrogen) atoms. The molecule has 0 saturated carbocycles. The summed E-state index contributed by atoms with van der Waals surface area (Å²) in [6.45, 7) is 12.1. The van der Waals surface area contributed by atoms with E-state index >= 15 is 0 Å². The normalized spacial score (nSPS) is 21.6. The van der Waals surface area contributed by atoms with Crippen molar-refractivity contribution >= 4 is 39.3 Å². The number of hydrogen-bond acceptors (Lipinski definition) is 7. The fourth-order valence-electron chi connectivity index (χ4n) is 6.48. The van der Waals surface area contributed by atoms with Crippen LogP contribution in [0.2, 0.25) is 0 Å². The number of benzene rings is 1. The average molecular weight is 626 g/mol. The third kappa shape index (κ3) is 6.48. The van der Waals surface area contributed by atoms with Gasteiger partial charge in [-0.2, -0.15) is 0 Å². The van der Waals surface area contributed by atoms with Gasteiger partial charge in [0.1, 0.15) is 12.1 Å². The number of nitrogens with zero attached hydrogens (tertiary/aromatic N) is 6. The van der Waals surface area contributed by atoms with E-state index in [1.807, 2.05) is 30.7 Å². The van der Waals surface area contributed by atoms with Crippen molar-refractivity contribution in [2.75, 3.05) is 50.0 Å². The molecule has 0 bridgehead atoms. The Morgan fingerprint density at radius 1 is 1.18 bits per heavy atom. The zero-order valence-corrected chi connectivity index (χ0v) is 27.1. The molecule has 2 atom stereocenters. The van der Waals surface area contributed by atoms with Crippen LogP contribution < -0.4 is 10.2 Å². The average Bonchev–Trinajstić information content (AvgIpc) is 3.79. The van der Waals surface area contributed by atoms with Gasteiger partial charge >= 0.3 is 0 Å². The van der Waals surface area contributed by atoms with Gasteiger partial charge in [0.05, 0.1) is 24.3 Å². The highest BCUT2D eigenvalue weighted by Gasteiger charge is 2.31. The number of carbonyl (C=O) groups is 1. The number of imidazole rings is 1. The Labute approximate surface area is 268 Å². The van der Waals surface area contributed by atoms with Gasteiger partial charge < -0.3 is 19.7 Å². The van der Waals surface area contributed by atoms with Crippen molar-refractivity contribution in [2.24, 2.45) is 4.99 Å². The second-order valence-corrected chi connectivity index (χ2v) is 12.6. The van der Waals surface area contributed by atoms with Crippen molar-refractivity contribution in [3.8, 4) is 0 Å². The topological polar surface area (TPSA) is 78.7 Å². The Morgan fingerprint density at radius 3 is 2.64 bits per heavy atom. The number of fused-ring (bicyclic) bond motifs is 1. The van der Waals surface area contributed by atoms with Crippen molar-refractivity contribution in [2.45, 2.75) is 45.8 Å². The predicted molar refractivity (Wildman–Crippen MR) is 182 cm³/mol. The number of carbonyl (C=O) groups excluding carboxylic acids is 1. The van der Waals surface area contributed by atoms with Crippen molar-refractivity contribution in [3.63, 3.8) is 0 Å². The van der Waals surface area contributed by atoms with Gasteiger partial charge in [-0.1, -0.05) is 43.4 Å². The first-order valence-corrected chi connectivity index (χ1v) is 16.5. The Bertz CT molecular complexity index is 1690. The molecule has 1 unspecified atom stereocenters. The molecule has 2 aromatic heterocycles. The van der Waals surface area contributed by atoms with Gasteiger partial charge in [0.2, 0.25) is 5.91 Å². The Balaban J connectivity index is 1.24. The minimum absolute atomic E-state index is 0.252. The fourth-order valence-corrected chi connectivity index (χ4v) is 7.01. The lowest BCUT2D eigenvalue weighted by Gasteiger charge is -2.35. The third-order valence-electron chi connectivity index (χ3n) is 8.98. The first-order chi connectivity index (χ1) is 21.9. The zero-order valence-electron chi connectivity index (χ0n) is 26.3. The van der Waals surface area contributed by atoms with E-state index < -0.39 is 12.1 Å². The van der Waals surface area contributed by atoms with Crippen molar-refractivity contribution in [3.05, 3.63) is 100 Å². The van der Waals surface area contributed by atoms with E-state index in [2.05, 4.69) is 81.2 Å². The molecule has 1 saturated heterocycles. The number of allylic oxidation sites excluding steroid dienone is 7. The van der Waals surface area contributed by atoms with Gasteiger partial charge in [-0.3, -0.25) is 9.79 Å². The van der Waals surface area contributed by atoms with E-state index in [9.17, 15) is 9.18 Å². The molecule has 8 nitrogen and oxygen atoms in total. The van der Waals surface area contributed by atoms with Crippen LogP contribution in [0.3, 0.4) is 0 Å². The smallest absolute Gasteiger partial charge is 0.239 e. The van der Waals surface area contributed by atoms with Gasteiger partial charge in [-0.05, 0) is 54.8 Å². The van der Waals surface area contributed by atoms with Crippen LogP contribution in [0.1, 0.15) is 43.6 Å². The van der Waals surface area contributed by atoms with Crippen LogP contribution in [0.4, 0.5) is 15.2 Å². The second-order valence-electron chi connectivity index (χ2n) is 11.7. The first-order valence-electron chi connectivity index (χ1n) is 15.6. The minimum atomic E-state index is -0.967. The van der Waals surface area contributed by atoms with Crippen molar-refractivity contribution in [1.82, 2.24) is 19.4 Å². The van der Waals surface area contributed by atoms with Gasteiger partial charge in [0, 0.05) is 68.2 Å². The van der Waals surface area contributed by atoms with Gasteiger partial charge in [-0.25, -0.2) is 14.4 Å². The predicted octanol–water partition coefficient (Wildman–Crippen LogP) is 6.09. The van der Waals surface area contributed by atoms with E-state index in [1.165, 1.54) is 17.0 Å². The summed E-state index contributed by atoms with van der Waals surface area (Å²) >= 11 is 1.35. The molecule has 1 aromatic carbocycles. The molecule has 0 radical (unpaired) electrons. The number of alkyl halides is 1. The lowest BCUT2D eigenvalue weighted by molar-refractivity contribution is -0.116. The highest BCUT2D eigenvalue weighted by atomic mass is 32.1. The standard InChI is InChI=1S/C35H40FN7OS/c1-5-41-14-16-42(17-15-41)27-11-9-25(10-12-27)30-19-23(2)28(32(37-4)24(30)3)7-6-8-29(34(44)40-35-38-13-18-45-35)33-31-20-26(36)21-43(31)22-39-33/h6-13,18-19,22,26,29H,5,14-17,20-21H2,1-4H3,(H,38,40,44)/b8-6+,28-7-,37-32?/t26-,29?/m1/s1. The molecular formula is C35H40FN7OS. The molecule has 234 valence electrons. The van der Waals surface area contributed by atoms with Crippen molar-refractivity contribution < 1.29 is 9.18 Å². The molecule has 10 heteroatoms. The summed E-state index contributed by atoms with van der Waals surface area (Å²) in [5, 5.41) is 5.22. The lowest BCUT2D eigenvalue weighted by atomic mass is 9.84. The Kier molecular flexibility index (Phi) is 9.23. The van der Waals surface area contributed by atoms with Crippen molar-refractivity contribution in [1.29, 1.82) is 0 Å². The largest absolute Gasteiger partial charge is 0.369 e. The van der Waals surface area contributed by atoms with Crippen LogP contribution in [0, 0.1) is 0 Å². The summed E-state index contributed by atoms with van der Waals surface area (Å²) in [5.74, 6) is -0.949. The molecule has 0 spiro atoms. The van der Waals surface area contributed by atoms with Crippen LogP contribution in [-0.2, 0) is 17.8 Å². The highest BCUT2D eigenvalue weighted by Crippen LogP contribution is 2.34. The lowest BCUT2D eigenvalue weighted by Crippen LogP contribution is -2.46. The number of thiazole rings is 1. The van der Waals surface area contributed by atoms with E-state index in [4.69, 9.17) is 0 Å². The number of anilines is 2.